The maximum absolute atomic E-state index is 12.8. The Hall–Kier alpha value is -3.32. The predicted octanol–water partition coefficient (Wildman–Crippen LogP) is 1.88. The van der Waals surface area contributed by atoms with Gasteiger partial charge in [0.05, 0.1) is 37.8 Å². The van der Waals surface area contributed by atoms with Crippen LogP contribution in [0.3, 0.4) is 0 Å². The van der Waals surface area contributed by atoms with Crippen LogP contribution in [-0.4, -0.2) is 64.4 Å². The molecule has 0 unspecified atom stereocenters. The highest BCUT2D eigenvalue weighted by atomic mass is 16.2. The fourth-order valence-electron chi connectivity index (χ4n) is 3.82. The third kappa shape index (κ3) is 4.16. The van der Waals surface area contributed by atoms with Gasteiger partial charge in [0.1, 0.15) is 0 Å². The number of nitrogens with zero attached hydrogens (tertiary/aromatic N) is 4. The molecule has 2 heterocycles. The Labute approximate surface area is 175 Å². The quantitative estimate of drug-likeness (QED) is 0.689. The second kappa shape index (κ2) is 8.59. The first kappa shape index (κ1) is 20.0. The molecule has 1 fully saturated rings. The molecule has 2 aromatic rings. The average Bonchev–Trinajstić information content (AvgIpc) is 3.36. The second-order valence-corrected chi connectivity index (χ2v) is 7.62. The summed E-state index contributed by atoms with van der Waals surface area (Å²) in [5, 5.41) is 5.91. The maximum atomic E-state index is 12.8. The van der Waals surface area contributed by atoms with E-state index in [1.54, 1.807) is 11.9 Å². The van der Waals surface area contributed by atoms with Crippen LogP contribution in [0.25, 0.3) is 0 Å². The molecule has 7 heteroatoms. The number of likely N-dealkylation sites (tertiary alicyclic amines) is 1. The smallest absolute Gasteiger partial charge is 0.256 e. The molecule has 30 heavy (non-hydrogen) atoms. The van der Waals surface area contributed by atoms with E-state index in [-0.39, 0.29) is 37.2 Å². The predicted molar refractivity (Wildman–Crippen MR) is 112 cm³/mol. The molecular formula is C23H24N4O3. The zero-order valence-corrected chi connectivity index (χ0v) is 16.9. The Morgan fingerprint density at radius 3 is 2.43 bits per heavy atom. The number of benzene rings is 2. The minimum atomic E-state index is -0.620. The number of carbonyl (C=O) groups excluding carboxylic acids is 3. The molecule has 154 valence electrons. The van der Waals surface area contributed by atoms with Crippen molar-refractivity contribution in [2.75, 3.05) is 20.1 Å². The summed E-state index contributed by atoms with van der Waals surface area (Å²) in [7, 11) is 1.71. The minimum Gasteiger partial charge on any atom is -0.286 e. The number of amides is 3. The van der Waals surface area contributed by atoms with Gasteiger partial charge in [0.25, 0.3) is 5.91 Å². The zero-order chi connectivity index (χ0) is 21.1. The third-order valence-electron chi connectivity index (χ3n) is 5.52. The van der Waals surface area contributed by atoms with Gasteiger partial charge in [-0.3, -0.25) is 24.2 Å². The van der Waals surface area contributed by atoms with Crippen LogP contribution >= 0.6 is 0 Å². The summed E-state index contributed by atoms with van der Waals surface area (Å²) in [6.45, 7) is 0.816. The van der Waals surface area contributed by atoms with Gasteiger partial charge >= 0.3 is 0 Å². The summed E-state index contributed by atoms with van der Waals surface area (Å²) >= 11 is 0. The van der Waals surface area contributed by atoms with E-state index < -0.39 is 6.04 Å². The maximum Gasteiger partial charge on any atom is 0.256 e. The van der Waals surface area contributed by atoms with E-state index in [0.717, 1.165) is 16.8 Å². The van der Waals surface area contributed by atoms with Crippen molar-refractivity contribution in [3.8, 4) is 0 Å². The highest BCUT2D eigenvalue weighted by Crippen LogP contribution is 2.21. The van der Waals surface area contributed by atoms with Crippen LogP contribution in [0.2, 0.25) is 0 Å². The highest BCUT2D eigenvalue weighted by Gasteiger charge is 2.41. The van der Waals surface area contributed by atoms with Crippen molar-refractivity contribution in [2.24, 2.45) is 5.10 Å². The summed E-state index contributed by atoms with van der Waals surface area (Å²) in [6, 6.07) is 18.6. The van der Waals surface area contributed by atoms with Gasteiger partial charge in [0.15, 0.2) is 0 Å². The van der Waals surface area contributed by atoms with Gasteiger partial charge in [-0.25, -0.2) is 5.01 Å². The van der Waals surface area contributed by atoms with E-state index in [1.807, 2.05) is 60.7 Å². The largest absolute Gasteiger partial charge is 0.286 e. The van der Waals surface area contributed by atoms with Crippen LogP contribution in [0.1, 0.15) is 24.0 Å². The van der Waals surface area contributed by atoms with Crippen LogP contribution < -0.4 is 0 Å². The fraction of sp³-hybridized carbons (Fsp3) is 0.304. The molecule has 1 saturated heterocycles. The summed E-state index contributed by atoms with van der Waals surface area (Å²) in [5.41, 5.74) is 2.79. The lowest BCUT2D eigenvalue weighted by Gasteiger charge is -2.23. The monoisotopic (exact) mass is 404 g/mol. The molecule has 2 aliphatic heterocycles. The first-order chi connectivity index (χ1) is 14.5. The molecule has 3 amide bonds. The summed E-state index contributed by atoms with van der Waals surface area (Å²) in [5.74, 6) is -0.641. The van der Waals surface area contributed by atoms with Crippen LogP contribution in [0, 0.1) is 0 Å². The molecule has 0 radical (unpaired) electrons. The summed E-state index contributed by atoms with van der Waals surface area (Å²) < 4.78 is 0. The lowest BCUT2D eigenvalue weighted by molar-refractivity contribution is -0.140. The number of rotatable bonds is 6. The molecule has 0 spiro atoms. The molecule has 1 atom stereocenters. The Morgan fingerprint density at radius 1 is 1.07 bits per heavy atom. The van der Waals surface area contributed by atoms with Crippen LogP contribution in [0.15, 0.2) is 65.8 Å². The molecule has 2 aliphatic rings. The van der Waals surface area contributed by atoms with Crippen LogP contribution in [0.5, 0.6) is 0 Å². The molecule has 0 N–H and O–H groups in total. The van der Waals surface area contributed by atoms with E-state index in [4.69, 9.17) is 0 Å². The van der Waals surface area contributed by atoms with Gasteiger partial charge in [-0.15, -0.1) is 0 Å². The molecule has 0 aliphatic carbocycles. The van der Waals surface area contributed by atoms with Crippen molar-refractivity contribution >= 4 is 23.4 Å². The average molecular weight is 404 g/mol. The Bertz CT molecular complexity index is 974. The fourth-order valence-corrected chi connectivity index (χ4v) is 3.82. The van der Waals surface area contributed by atoms with Crippen molar-refractivity contribution < 1.29 is 14.4 Å². The molecule has 2 aromatic carbocycles. The van der Waals surface area contributed by atoms with Crippen molar-refractivity contribution in [1.82, 2.24) is 14.8 Å². The molecule has 0 aromatic heterocycles. The Morgan fingerprint density at radius 2 is 1.73 bits per heavy atom. The Kier molecular flexibility index (Phi) is 5.72. The van der Waals surface area contributed by atoms with Crippen LogP contribution in [-0.2, 0) is 20.9 Å². The number of carbonyl (C=O) groups is 3. The molecule has 7 nitrogen and oxygen atoms in total. The van der Waals surface area contributed by atoms with Crippen molar-refractivity contribution in [2.45, 2.75) is 25.4 Å². The molecule has 0 saturated carbocycles. The topological polar surface area (TPSA) is 73.3 Å². The third-order valence-corrected chi connectivity index (χ3v) is 5.52. The van der Waals surface area contributed by atoms with Gasteiger partial charge in [-0.1, -0.05) is 60.7 Å². The normalized spacial score (nSPS) is 19.0. The lowest BCUT2D eigenvalue weighted by Crippen LogP contribution is -2.44. The zero-order valence-electron chi connectivity index (χ0n) is 16.9. The second-order valence-electron chi connectivity index (χ2n) is 7.62. The van der Waals surface area contributed by atoms with E-state index >= 15 is 0 Å². The van der Waals surface area contributed by atoms with E-state index in [0.29, 0.717) is 13.0 Å². The molecular weight excluding hydrogens is 380 g/mol. The van der Waals surface area contributed by atoms with Crippen molar-refractivity contribution in [3.05, 3.63) is 71.8 Å². The number of hydrazone groups is 1. The van der Waals surface area contributed by atoms with Crippen molar-refractivity contribution in [1.29, 1.82) is 0 Å². The molecule has 4 rings (SSSR count). The van der Waals surface area contributed by atoms with E-state index in [9.17, 15) is 14.4 Å². The van der Waals surface area contributed by atoms with E-state index in [2.05, 4.69) is 5.10 Å². The first-order valence-corrected chi connectivity index (χ1v) is 10.0. The SMILES string of the molecule is CN(CC(=O)N1CCC(c2ccccc2)=N1)[C@@H]1CC(=O)N(Cc2ccccc2)C1=O. The lowest BCUT2D eigenvalue weighted by atomic mass is 10.1. The number of hydrogen-bond donors (Lipinski definition) is 0. The van der Waals surface area contributed by atoms with Gasteiger partial charge < -0.3 is 0 Å². The number of imide groups is 1. The van der Waals surface area contributed by atoms with Crippen LogP contribution in [0.4, 0.5) is 0 Å². The van der Waals surface area contributed by atoms with Gasteiger partial charge in [-0.2, -0.15) is 5.10 Å². The van der Waals surface area contributed by atoms with Gasteiger partial charge in [-0.05, 0) is 18.2 Å². The summed E-state index contributed by atoms with van der Waals surface area (Å²) in [4.78, 5) is 40.9. The molecule has 0 bridgehead atoms. The minimum absolute atomic E-state index is 0.0361. The van der Waals surface area contributed by atoms with Gasteiger partial charge in [0, 0.05) is 6.42 Å². The van der Waals surface area contributed by atoms with Crippen molar-refractivity contribution in [3.63, 3.8) is 0 Å². The number of hydrogen-bond acceptors (Lipinski definition) is 5. The Balaban J connectivity index is 1.37. The summed E-state index contributed by atoms with van der Waals surface area (Å²) in [6.07, 6.45) is 0.791. The van der Waals surface area contributed by atoms with Gasteiger partial charge in [0.2, 0.25) is 11.8 Å². The standard InChI is InChI=1S/C23H24N4O3/c1-25(16-22(29)27-13-12-19(24-27)18-10-6-3-7-11-18)20-14-21(28)26(23(20)30)15-17-8-4-2-5-9-17/h2-11,20H,12-16H2,1H3/t20-/m1/s1. The highest BCUT2D eigenvalue weighted by molar-refractivity contribution is 6.06. The number of likely N-dealkylation sites (N-methyl/N-ethyl adjacent to an activating group) is 1. The first-order valence-electron chi connectivity index (χ1n) is 10.0. The van der Waals surface area contributed by atoms with E-state index in [1.165, 1.54) is 9.91 Å².